The third-order valence-corrected chi connectivity index (χ3v) is 5.39. The maximum atomic E-state index is 5.98. The number of hydrogen-bond acceptors (Lipinski definition) is 4. The fraction of sp³-hybridized carbons (Fsp3) is 0.190. The Morgan fingerprint density at radius 3 is 2.54 bits per heavy atom. The molecule has 3 aromatic rings. The Hall–Kier alpha value is -2.70. The van der Waals surface area contributed by atoms with E-state index < -0.39 is 0 Å². The summed E-state index contributed by atoms with van der Waals surface area (Å²) in [5.74, 6) is 1.000. The summed E-state index contributed by atoms with van der Waals surface area (Å²) in [6, 6.07) is 17.3. The molecule has 1 atom stereocenters. The number of hydrogen-bond donors (Lipinski definition) is 1. The van der Waals surface area contributed by atoms with Crippen molar-refractivity contribution in [1.82, 2.24) is 20.4 Å². The Morgan fingerprint density at radius 1 is 1.14 bits per heavy atom. The summed E-state index contributed by atoms with van der Waals surface area (Å²) >= 11 is 11.6. The molecule has 0 spiro atoms. The topological polar surface area (TPSA) is 54.2 Å². The highest BCUT2D eigenvalue weighted by Crippen LogP contribution is 2.37. The van der Waals surface area contributed by atoms with Gasteiger partial charge in [-0.1, -0.05) is 47.1 Å². The largest absolute Gasteiger partial charge is 0.351 e. The number of nitrogens with one attached hydrogen (secondary N) is 1. The van der Waals surface area contributed by atoms with Crippen LogP contribution in [0.25, 0.3) is 17.0 Å². The fourth-order valence-electron chi connectivity index (χ4n) is 3.38. The molecule has 28 heavy (non-hydrogen) atoms. The van der Waals surface area contributed by atoms with Gasteiger partial charge >= 0.3 is 0 Å². The molecule has 0 radical (unpaired) electrons. The molecule has 0 amide bonds. The molecule has 2 aromatic carbocycles. The Balaban J connectivity index is 1.80. The van der Waals surface area contributed by atoms with E-state index in [2.05, 4.69) is 34.5 Å². The second kappa shape index (κ2) is 7.73. The zero-order chi connectivity index (χ0) is 19.7. The summed E-state index contributed by atoms with van der Waals surface area (Å²) in [6.45, 7) is 4.85. The Morgan fingerprint density at radius 2 is 1.86 bits per heavy atom. The summed E-state index contributed by atoms with van der Waals surface area (Å²) in [4.78, 5) is 6.70. The molecule has 0 aliphatic carbocycles. The number of halogens is 1. The molecule has 142 valence electrons. The molecule has 5 nitrogen and oxygen atoms in total. The van der Waals surface area contributed by atoms with E-state index in [0.717, 1.165) is 28.9 Å². The van der Waals surface area contributed by atoms with Crippen LogP contribution in [-0.4, -0.2) is 26.7 Å². The number of benzene rings is 2. The van der Waals surface area contributed by atoms with Crippen molar-refractivity contribution >= 4 is 34.5 Å². The molecule has 4 rings (SSSR count). The second-order valence-corrected chi connectivity index (χ2v) is 7.29. The molecule has 0 bridgehead atoms. The minimum Gasteiger partial charge on any atom is -0.351 e. The van der Waals surface area contributed by atoms with E-state index >= 15 is 0 Å². The summed E-state index contributed by atoms with van der Waals surface area (Å²) in [5.41, 5.74) is 3.86. The zero-order valence-electron chi connectivity index (χ0n) is 15.5. The monoisotopic (exact) mass is 410 g/mol. The van der Waals surface area contributed by atoms with Gasteiger partial charge in [0.25, 0.3) is 5.89 Å². The van der Waals surface area contributed by atoms with Crippen molar-refractivity contribution in [3.8, 4) is 11.4 Å². The van der Waals surface area contributed by atoms with E-state index in [1.807, 2.05) is 54.3 Å². The first kappa shape index (κ1) is 18.7. The SMILES string of the molecule is CCN1C(=S)NC(c2ccccc2)C(c2nc(-c3ccc(Cl)cc3)no2)=C1C. The van der Waals surface area contributed by atoms with Gasteiger partial charge in [0, 0.05) is 22.8 Å². The van der Waals surface area contributed by atoms with Crippen molar-refractivity contribution in [3.63, 3.8) is 0 Å². The van der Waals surface area contributed by atoms with Crippen molar-refractivity contribution < 1.29 is 4.52 Å². The Labute approximate surface area is 174 Å². The van der Waals surface area contributed by atoms with Gasteiger partial charge in [0.05, 0.1) is 11.6 Å². The van der Waals surface area contributed by atoms with E-state index in [9.17, 15) is 0 Å². The zero-order valence-corrected chi connectivity index (χ0v) is 17.1. The third kappa shape index (κ3) is 3.41. The van der Waals surface area contributed by atoms with Crippen LogP contribution >= 0.6 is 23.8 Å². The lowest BCUT2D eigenvalue weighted by Gasteiger charge is -2.36. The molecule has 1 aliphatic rings. The van der Waals surface area contributed by atoms with Crippen LogP contribution in [0.15, 0.2) is 64.8 Å². The lowest BCUT2D eigenvalue weighted by molar-refractivity contribution is 0.398. The van der Waals surface area contributed by atoms with Crippen LogP contribution in [0.2, 0.25) is 5.02 Å². The lowest BCUT2D eigenvalue weighted by Crippen LogP contribution is -2.45. The first-order valence-corrected chi connectivity index (χ1v) is 9.81. The van der Waals surface area contributed by atoms with Gasteiger partial charge in [0.15, 0.2) is 5.11 Å². The maximum Gasteiger partial charge on any atom is 0.258 e. The molecular formula is C21H19ClN4OS. The third-order valence-electron chi connectivity index (χ3n) is 4.80. The van der Waals surface area contributed by atoms with Gasteiger partial charge in [-0.05, 0) is 55.9 Å². The average Bonchev–Trinajstić information content (AvgIpc) is 3.18. The van der Waals surface area contributed by atoms with Crippen LogP contribution in [0.1, 0.15) is 31.3 Å². The van der Waals surface area contributed by atoms with Gasteiger partial charge < -0.3 is 14.7 Å². The number of allylic oxidation sites excluding steroid dienone is 1. The quantitative estimate of drug-likeness (QED) is 0.606. The maximum absolute atomic E-state index is 5.98. The number of thiocarbonyl (C=S) groups is 1. The molecule has 1 unspecified atom stereocenters. The molecule has 1 N–H and O–H groups in total. The summed E-state index contributed by atoms with van der Waals surface area (Å²) < 4.78 is 5.68. The van der Waals surface area contributed by atoms with Crippen molar-refractivity contribution in [2.24, 2.45) is 0 Å². The predicted octanol–water partition coefficient (Wildman–Crippen LogP) is 5.07. The lowest BCUT2D eigenvalue weighted by atomic mass is 9.95. The standard InChI is InChI=1S/C21H19ClN4OS/c1-3-26-13(2)17(18(23-21(26)28)14-7-5-4-6-8-14)20-24-19(25-27-20)15-9-11-16(22)12-10-15/h4-12,18H,3H2,1-2H3,(H,23,28). The first-order valence-electron chi connectivity index (χ1n) is 9.02. The van der Waals surface area contributed by atoms with Crippen LogP contribution in [0, 0.1) is 0 Å². The smallest absolute Gasteiger partial charge is 0.258 e. The van der Waals surface area contributed by atoms with Gasteiger partial charge in [-0.3, -0.25) is 0 Å². The van der Waals surface area contributed by atoms with Gasteiger partial charge in [-0.2, -0.15) is 4.98 Å². The van der Waals surface area contributed by atoms with E-state index in [1.165, 1.54) is 0 Å². The summed E-state index contributed by atoms with van der Waals surface area (Å²) in [6.07, 6.45) is 0. The minimum atomic E-state index is -0.157. The molecule has 0 fully saturated rings. The normalized spacial score (nSPS) is 17.0. The number of rotatable bonds is 4. The molecule has 2 heterocycles. The van der Waals surface area contributed by atoms with Crippen LogP contribution in [-0.2, 0) is 0 Å². The van der Waals surface area contributed by atoms with Crippen LogP contribution in [0.5, 0.6) is 0 Å². The Kier molecular flexibility index (Phi) is 5.15. The highest BCUT2D eigenvalue weighted by Gasteiger charge is 2.33. The fourth-order valence-corrected chi connectivity index (χ4v) is 3.89. The van der Waals surface area contributed by atoms with Crippen molar-refractivity contribution in [3.05, 3.63) is 76.8 Å². The van der Waals surface area contributed by atoms with E-state index in [1.54, 1.807) is 0 Å². The second-order valence-electron chi connectivity index (χ2n) is 6.47. The van der Waals surface area contributed by atoms with Gasteiger partial charge in [-0.25, -0.2) is 0 Å². The minimum absolute atomic E-state index is 0.157. The van der Waals surface area contributed by atoms with Gasteiger partial charge in [-0.15, -0.1) is 0 Å². The van der Waals surface area contributed by atoms with E-state index in [4.69, 9.17) is 28.3 Å². The van der Waals surface area contributed by atoms with Crippen LogP contribution in [0.3, 0.4) is 0 Å². The van der Waals surface area contributed by atoms with Crippen molar-refractivity contribution in [2.45, 2.75) is 19.9 Å². The molecular weight excluding hydrogens is 392 g/mol. The Bertz CT molecular complexity index is 1030. The highest BCUT2D eigenvalue weighted by molar-refractivity contribution is 7.80. The summed E-state index contributed by atoms with van der Waals surface area (Å²) in [5, 5.41) is 8.96. The van der Waals surface area contributed by atoms with Crippen molar-refractivity contribution in [2.75, 3.05) is 6.54 Å². The first-order chi connectivity index (χ1) is 13.6. The molecule has 1 aliphatic heterocycles. The van der Waals surface area contributed by atoms with Crippen LogP contribution < -0.4 is 5.32 Å². The average molecular weight is 411 g/mol. The van der Waals surface area contributed by atoms with Gasteiger partial charge in [0.2, 0.25) is 5.82 Å². The molecule has 1 aromatic heterocycles. The van der Waals surface area contributed by atoms with Crippen molar-refractivity contribution in [1.29, 1.82) is 0 Å². The number of aromatic nitrogens is 2. The van der Waals surface area contributed by atoms with E-state index in [-0.39, 0.29) is 6.04 Å². The highest BCUT2D eigenvalue weighted by atomic mass is 35.5. The molecule has 7 heteroatoms. The number of nitrogens with zero attached hydrogens (tertiary/aromatic N) is 3. The predicted molar refractivity (Wildman–Crippen MR) is 115 cm³/mol. The molecule has 0 saturated carbocycles. The van der Waals surface area contributed by atoms with E-state index in [0.29, 0.717) is 21.9 Å². The molecule has 0 saturated heterocycles. The van der Waals surface area contributed by atoms with Gasteiger partial charge in [0.1, 0.15) is 0 Å². The summed E-state index contributed by atoms with van der Waals surface area (Å²) in [7, 11) is 0. The van der Waals surface area contributed by atoms with Crippen LogP contribution in [0.4, 0.5) is 0 Å².